The van der Waals surface area contributed by atoms with E-state index in [2.05, 4.69) is 53.2 Å². The van der Waals surface area contributed by atoms with Gasteiger partial charge in [0.15, 0.2) is 0 Å². The van der Waals surface area contributed by atoms with E-state index in [0.717, 1.165) is 19.3 Å². The molecule has 3 atom stereocenters. The van der Waals surface area contributed by atoms with E-state index in [-0.39, 0.29) is 44.7 Å². The fraction of sp³-hybridized carbons (Fsp3) is 0.667. The van der Waals surface area contributed by atoms with Crippen LogP contribution >= 0.6 is 0 Å². The fourth-order valence-corrected chi connectivity index (χ4v) is 7.30. The van der Waals surface area contributed by atoms with Gasteiger partial charge in [-0.15, -0.1) is 0 Å². The molecule has 3 aliphatic heterocycles. The maximum atomic E-state index is 14.1. The van der Waals surface area contributed by atoms with Crippen LogP contribution in [0.4, 0.5) is 0 Å². The standard InChI is InChI=1S/C36H54N12O12/c49-24-8-10-37-25(50)20-45-35(60)36(9-4-6-22(36)34(59)47-11-2-1-3-12-47)46-33(58)23-7-5-13-48(23)32(57)21-44-31(56)19-43-30(55)18-42-29(54)17-41-28(53)16-40-27(52)15-39-26(51)14-38-24/h22-23H,1-21H2,(H,37,50)(H,38,49)(H,39,51)(H,40,52)(H,41,53)(H,42,54)(H,43,55)(H,44,56)(H,45,60)(H,46,58). The van der Waals surface area contributed by atoms with Crippen molar-refractivity contribution in [3.05, 3.63) is 0 Å². The van der Waals surface area contributed by atoms with Crippen molar-refractivity contribution in [3.8, 4) is 0 Å². The van der Waals surface area contributed by atoms with E-state index in [9.17, 15) is 57.5 Å². The van der Waals surface area contributed by atoms with Crippen LogP contribution in [0.15, 0.2) is 0 Å². The summed E-state index contributed by atoms with van der Waals surface area (Å²) in [5.41, 5.74) is -1.75. The topological polar surface area (TPSA) is 332 Å². The molecule has 1 aliphatic carbocycles. The molecule has 0 radical (unpaired) electrons. The van der Waals surface area contributed by atoms with Gasteiger partial charge in [0.25, 0.3) is 0 Å². The van der Waals surface area contributed by atoms with Crippen LogP contribution in [0.3, 0.4) is 0 Å². The zero-order valence-electron chi connectivity index (χ0n) is 33.3. The molecule has 4 rings (SSSR count). The van der Waals surface area contributed by atoms with Crippen molar-refractivity contribution >= 4 is 70.9 Å². The van der Waals surface area contributed by atoms with Crippen LogP contribution in [0.1, 0.15) is 57.8 Å². The largest absolute Gasteiger partial charge is 0.354 e. The monoisotopic (exact) mass is 846 g/mol. The Morgan fingerprint density at radius 2 is 0.950 bits per heavy atom. The molecule has 10 N–H and O–H groups in total. The second-order valence-corrected chi connectivity index (χ2v) is 14.8. The van der Waals surface area contributed by atoms with Crippen molar-refractivity contribution in [3.63, 3.8) is 0 Å². The highest BCUT2D eigenvalue weighted by Gasteiger charge is 2.55. The van der Waals surface area contributed by atoms with Gasteiger partial charge in [-0.2, -0.15) is 0 Å². The molecule has 3 heterocycles. The summed E-state index contributed by atoms with van der Waals surface area (Å²) in [4.78, 5) is 156. The van der Waals surface area contributed by atoms with Crippen LogP contribution < -0.4 is 53.2 Å². The highest BCUT2D eigenvalue weighted by atomic mass is 16.2. The van der Waals surface area contributed by atoms with Gasteiger partial charge < -0.3 is 63.0 Å². The molecule has 24 nitrogen and oxygen atoms in total. The van der Waals surface area contributed by atoms with Crippen molar-refractivity contribution in [1.29, 1.82) is 0 Å². The van der Waals surface area contributed by atoms with Gasteiger partial charge in [0.1, 0.15) is 11.6 Å². The first-order valence-electron chi connectivity index (χ1n) is 20.0. The minimum absolute atomic E-state index is 0.0809. The molecular weight excluding hydrogens is 792 g/mol. The highest BCUT2D eigenvalue weighted by molar-refractivity contribution is 6.01. The average molecular weight is 847 g/mol. The minimum atomic E-state index is -1.75. The van der Waals surface area contributed by atoms with Crippen molar-refractivity contribution in [1.82, 2.24) is 63.0 Å². The Balaban J connectivity index is 1.44. The number of hydrogen-bond acceptors (Lipinski definition) is 12. The normalized spacial score (nSPS) is 26.4. The Kier molecular flexibility index (Phi) is 17.5. The van der Waals surface area contributed by atoms with Crippen molar-refractivity contribution in [2.45, 2.75) is 69.4 Å². The van der Waals surface area contributed by atoms with Crippen molar-refractivity contribution < 1.29 is 57.5 Å². The van der Waals surface area contributed by atoms with Gasteiger partial charge in [0, 0.05) is 32.6 Å². The predicted molar refractivity (Wildman–Crippen MR) is 205 cm³/mol. The first-order chi connectivity index (χ1) is 28.7. The third-order valence-electron chi connectivity index (χ3n) is 10.4. The number of amides is 12. The maximum Gasteiger partial charge on any atom is 0.247 e. The molecule has 0 aromatic rings. The van der Waals surface area contributed by atoms with Gasteiger partial charge in [-0.1, -0.05) is 0 Å². The second kappa shape index (κ2) is 22.7. The lowest BCUT2D eigenvalue weighted by Crippen LogP contribution is -2.66. The number of carbonyl (C=O) groups is 12. The molecule has 3 saturated heterocycles. The smallest absolute Gasteiger partial charge is 0.247 e. The third-order valence-corrected chi connectivity index (χ3v) is 10.4. The zero-order valence-corrected chi connectivity index (χ0v) is 33.3. The summed E-state index contributed by atoms with van der Waals surface area (Å²) in [7, 11) is 0. The molecule has 0 aromatic carbocycles. The molecule has 330 valence electrons. The van der Waals surface area contributed by atoms with Crippen LogP contribution in [0.25, 0.3) is 0 Å². The van der Waals surface area contributed by atoms with E-state index in [1.807, 2.05) is 0 Å². The number of nitrogens with zero attached hydrogens (tertiary/aromatic N) is 2. The van der Waals surface area contributed by atoms with E-state index in [0.29, 0.717) is 25.9 Å². The van der Waals surface area contributed by atoms with Gasteiger partial charge >= 0.3 is 0 Å². The van der Waals surface area contributed by atoms with Crippen LogP contribution in [-0.2, 0) is 57.5 Å². The van der Waals surface area contributed by atoms with Crippen molar-refractivity contribution in [2.24, 2.45) is 5.92 Å². The van der Waals surface area contributed by atoms with Gasteiger partial charge in [0.05, 0.1) is 58.3 Å². The van der Waals surface area contributed by atoms with Crippen LogP contribution in [-0.4, -0.2) is 171 Å². The second-order valence-electron chi connectivity index (χ2n) is 14.8. The van der Waals surface area contributed by atoms with Crippen LogP contribution in [0.2, 0.25) is 0 Å². The van der Waals surface area contributed by atoms with E-state index in [4.69, 9.17) is 0 Å². The summed E-state index contributed by atoms with van der Waals surface area (Å²) in [6.45, 7) is -3.35. The molecule has 0 aromatic heterocycles. The molecule has 4 aliphatic rings. The molecule has 3 unspecified atom stereocenters. The molecule has 12 amide bonds. The van der Waals surface area contributed by atoms with Gasteiger partial charge in [-0.05, 0) is 51.4 Å². The van der Waals surface area contributed by atoms with E-state index >= 15 is 0 Å². The van der Waals surface area contributed by atoms with Gasteiger partial charge in [-0.3, -0.25) is 57.5 Å². The first kappa shape index (κ1) is 46.3. The molecule has 1 spiro atoms. The van der Waals surface area contributed by atoms with Crippen LogP contribution in [0.5, 0.6) is 0 Å². The summed E-state index contributed by atoms with van der Waals surface area (Å²) in [6.07, 6.45) is 3.72. The van der Waals surface area contributed by atoms with Crippen molar-refractivity contribution in [2.75, 3.05) is 78.5 Å². The molecule has 60 heavy (non-hydrogen) atoms. The SMILES string of the molecule is O=C1CCNC(=O)CNC(=O)C2(CCCC2C(=O)N2CCCCC2)NC(=O)C2CCCN2C(=O)CNC(=O)CNC(=O)CNC(=O)CNC(=O)CNC(=O)CNC(=O)CN1. The molecule has 0 bridgehead atoms. The Bertz CT molecular complexity index is 1700. The first-order valence-corrected chi connectivity index (χ1v) is 20.0. The number of piperidine rings is 1. The Morgan fingerprint density at radius 3 is 1.48 bits per heavy atom. The lowest BCUT2D eigenvalue weighted by Gasteiger charge is -2.39. The van der Waals surface area contributed by atoms with Gasteiger partial charge in [0.2, 0.25) is 70.9 Å². The number of nitrogens with one attached hydrogen (secondary N) is 10. The van der Waals surface area contributed by atoms with Crippen LogP contribution in [0, 0.1) is 5.92 Å². The lowest BCUT2D eigenvalue weighted by molar-refractivity contribution is -0.147. The third kappa shape index (κ3) is 13.9. The summed E-state index contributed by atoms with van der Waals surface area (Å²) < 4.78 is 0. The minimum Gasteiger partial charge on any atom is -0.354 e. The Morgan fingerprint density at radius 1 is 0.483 bits per heavy atom. The zero-order chi connectivity index (χ0) is 43.7. The quantitative estimate of drug-likeness (QED) is 0.118. The summed E-state index contributed by atoms with van der Waals surface area (Å²) >= 11 is 0. The molecule has 1 saturated carbocycles. The summed E-state index contributed by atoms with van der Waals surface area (Å²) in [5, 5.41) is 23.8. The molecular formula is C36H54N12O12. The number of rotatable bonds is 1. The number of hydrogen-bond donors (Lipinski definition) is 10. The predicted octanol–water partition coefficient (Wildman–Crippen LogP) is -6.91. The fourth-order valence-electron chi connectivity index (χ4n) is 7.30. The summed E-state index contributed by atoms with van der Waals surface area (Å²) in [5.74, 6) is -9.12. The van der Waals surface area contributed by atoms with E-state index in [1.165, 1.54) is 4.90 Å². The Hall–Kier alpha value is -6.36. The number of fused-ring (bicyclic) bond motifs is 1. The maximum absolute atomic E-state index is 14.1. The van der Waals surface area contributed by atoms with E-state index < -0.39 is 135 Å². The average Bonchev–Trinajstić information content (AvgIpc) is 3.91. The van der Waals surface area contributed by atoms with E-state index in [1.54, 1.807) is 4.90 Å². The lowest BCUT2D eigenvalue weighted by atomic mass is 9.83. The number of carbonyl (C=O) groups excluding carboxylic acids is 12. The number of likely N-dealkylation sites (tertiary alicyclic amines) is 1. The highest BCUT2D eigenvalue weighted by Crippen LogP contribution is 2.38. The molecule has 4 fully saturated rings. The molecule has 24 heteroatoms. The summed E-state index contributed by atoms with van der Waals surface area (Å²) in [6, 6.07) is -1.04. The Labute approximate surface area is 344 Å². The van der Waals surface area contributed by atoms with Gasteiger partial charge in [-0.25, -0.2) is 0 Å².